The van der Waals surface area contributed by atoms with Gasteiger partial charge in [-0.1, -0.05) is 71.6 Å². The Hall–Kier alpha value is -1.39. The summed E-state index contributed by atoms with van der Waals surface area (Å²) in [5.41, 5.74) is 1.31. The number of hydrogen-bond donors (Lipinski definition) is 0. The highest BCUT2D eigenvalue weighted by Gasteiger charge is 2.39. The molecule has 1 aliphatic carbocycles. The summed E-state index contributed by atoms with van der Waals surface area (Å²) in [7, 11) is -3.97. The molecule has 11 heteroatoms. The molecule has 2 aromatic rings. The van der Waals surface area contributed by atoms with E-state index >= 15 is 0 Å². The lowest BCUT2D eigenvalue weighted by atomic mass is 10.0. The zero-order valence-electron chi connectivity index (χ0n) is 22.5. The third-order valence-electron chi connectivity index (χ3n) is 8.07. The van der Waals surface area contributed by atoms with E-state index in [1.54, 1.807) is 0 Å². The van der Waals surface area contributed by atoms with Crippen molar-refractivity contribution in [1.82, 2.24) is 14.1 Å². The van der Waals surface area contributed by atoms with Crippen LogP contribution in [-0.4, -0.2) is 79.4 Å². The molecular weight excluding hydrogens is 593 g/mol. The molecule has 1 unspecified atom stereocenters. The second-order valence-corrected chi connectivity index (χ2v) is 14.1. The number of carbonyl (C=O) groups is 1. The van der Waals surface area contributed by atoms with Crippen molar-refractivity contribution < 1.29 is 17.9 Å². The number of ether oxygens (including phenoxy) is 1. The van der Waals surface area contributed by atoms with Gasteiger partial charge in [-0.15, -0.1) is 0 Å². The van der Waals surface area contributed by atoms with Crippen LogP contribution in [0.15, 0.2) is 47.4 Å². The Balaban J connectivity index is 1.17. The number of sulfonamides is 1. The highest BCUT2D eigenvalue weighted by atomic mass is 35.5. The fourth-order valence-corrected chi connectivity index (χ4v) is 9.14. The van der Waals surface area contributed by atoms with Gasteiger partial charge in [-0.25, -0.2) is 8.42 Å². The average molecular weight is 629 g/mol. The predicted molar refractivity (Wildman–Crippen MR) is 158 cm³/mol. The molecule has 1 amide bonds. The number of carbonyl (C=O) groups excluding carboxylic acids is 1. The Bertz CT molecular complexity index is 1260. The lowest BCUT2D eigenvalue weighted by Gasteiger charge is -2.39. The van der Waals surface area contributed by atoms with E-state index < -0.39 is 16.1 Å². The quantitative estimate of drug-likeness (QED) is 0.330. The first-order valence-corrected chi connectivity index (χ1v) is 16.6. The number of likely N-dealkylation sites (tertiary alicyclic amines) is 1. The van der Waals surface area contributed by atoms with Gasteiger partial charge in [-0.2, -0.15) is 4.31 Å². The van der Waals surface area contributed by atoms with Crippen LogP contribution >= 0.6 is 34.8 Å². The molecule has 1 saturated carbocycles. The molecule has 0 bridgehead atoms. The Morgan fingerprint density at radius 3 is 2.20 bits per heavy atom. The molecule has 0 aromatic heterocycles. The van der Waals surface area contributed by atoms with E-state index in [0.29, 0.717) is 19.0 Å². The summed E-state index contributed by atoms with van der Waals surface area (Å²) in [6, 6.07) is 13.4. The van der Waals surface area contributed by atoms with Gasteiger partial charge in [0.15, 0.2) is 0 Å². The first kappa shape index (κ1) is 30.1. The third-order valence-corrected chi connectivity index (χ3v) is 11.2. The zero-order valence-corrected chi connectivity index (χ0v) is 25.6. The largest absolute Gasteiger partial charge is 0.370 e. The third kappa shape index (κ3) is 7.14. The molecule has 2 saturated heterocycles. The number of benzene rings is 2. The van der Waals surface area contributed by atoms with Gasteiger partial charge in [0, 0.05) is 49.3 Å². The molecule has 0 N–H and O–H groups in total. The van der Waals surface area contributed by atoms with Crippen LogP contribution in [0.1, 0.15) is 50.5 Å². The molecule has 7 nitrogen and oxygen atoms in total. The van der Waals surface area contributed by atoms with Gasteiger partial charge in [0.2, 0.25) is 15.9 Å². The zero-order chi connectivity index (χ0) is 28.3. The minimum absolute atomic E-state index is 0.00184. The topological polar surface area (TPSA) is 70.2 Å². The number of piperidine rings is 2. The van der Waals surface area contributed by atoms with Crippen molar-refractivity contribution in [3.8, 4) is 0 Å². The van der Waals surface area contributed by atoms with E-state index in [0.717, 1.165) is 58.2 Å². The standard InChI is InChI=1S/C29H36Cl3N3O4S/c30-22-16-26(31)29(27(32)17-22)40(37,38)34-13-5-4-8-25(34)19-39-20-28(36)35(23-9-10-23)24-11-14-33(15-12-24)18-21-6-2-1-3-7-21/h1-3,6-7,16-17,23-25H,4-5,8-15,18-20H2. The van der Waals surface area contributed by atoms with Crippen LogP contribution in [0.2, 0.25) is 15.1 Å². The summed E-state index contributed by atoms with van der Waals surface area (Å²) < 4.78 is 34.5. The number of halogens is 3. The van der Waals surface area contributed by atoms with E-state index in [1.807, 2.05) is 6.07 Å². The molecule has 218 valence electrons. The molecule has 0 spiro atoms. The minimum Gasteiger partial charge on any atom is -0.370 e. The smallest absolute Gasteiger partial charge is 0.249 e. The lowest BCUT2D eigenvalue weighted by molar-refractivity contribution is -0.140. The van der Waals surface area contributed by atoms with Crippen LogP contribution in [0.5, 0.6) is 0 Å². The summed E-state index contributed by atoms with van der Waals surface area (Å²) in [6.45, 7) is 3.29. The second-order valence-electron chi connectivity index (χ2n) is 11.0. The maximum Gasteiger partial charge on any atom is 0.249 e. The Labute approximate surface area is 252 Å². The average Bonchev–Trinajstić information content (AvgIpc) is 3.75. The van der Waals surface area contributed by atoms with Crippen LogP contribution in [0.25, 0.3) is 0 Å². The maximum absolute atomic E-state index is 13.6. The summed E-state index contributed by atoms with van der Waals surface area (Å²) in [5.74, 6) is -0.00184. The van der Waals surface area contributed by atoms with E-state index in [1.165, 1.54) is 22.0 Å². The van der Waals surface area contributed by atoms with Crippen molar-refractivity contribution >= 4 is 50.7 Å². The van der Waals surface area contributed by atoms with Gasteiger partial charge in [-0.3, -0.25) is 9.69 Å². The van der Waals surface area contributed by atoms with Crippen molar-refractivity contribution in [3.05, 3.63) is 63.1 Å². The van der Waals surface area contributed by atoms with Crippen molar-refractivity contribution in [2.75, 3.05) is 32.8 Å². The number of rotatable bonds is 10. The van der Waals surface area contributed by atoms with Crippen molar-refractivity contribution in [2.24, 2.45) is 0 Å². The van der Waals surface area contributed by atoms with Crippen molar-refractivity contribution in [1.29, 1.82) is 0 Å². The second kappa shape index (κ2) is 13.3. The van der Waals surface area contributed by atoms with Crippen LogP contribution in [0.4, 0.5) is 0 Å². The molecule has 2 aromatic carbocycles. The van der Waals surface area contributed by atoms with Gasteiger partial charge < -0.3 is 9.64 Å². The molecular formula is C29H36Cl3N3O4S. The molecule has 1 atom stereocenters. The molecule has 0 radical (unpaired) electrons. The first-order chi connectivity index (χ1) is 19.2. The fourth-order valence-electron chi connectivity index (χ4n) is 5.96. The molecule has 2 aliphatic heterocycles. The van der Waals surface area contributed by atoms with Gasteiger partial charge in [0.25, 0.3) is 0 Å². The van der Waals surface area contributed by atoms with E-state index in [9.17, 15) is 13.2 Å². The van der Waals surface area contributed by atoms with E-state index in [2.05, 4.69) is 34.1 Å². The normalized spacial score (nSPS) is 21.4. The minimum atomic E-state index is -3.97. The maximum atomic E-state index is 13.6. The molecule has 40 heavy (non-hydrogen) atoms. The highest BCUT2D eigenvalue weighted by Crippen LogP contribution is 2.37. The summed E-state index contributed by atoms with van der Waals surface area (Å²) in [6.07, 6.45) is 6.23. The van der Waals surface area contributed by atoms with Gasteiger partial charge >= 0.3 is 0 Å². The van der Waals surface area contributed by atoms with Gasteiger partial charge in [-0.05, 0) is 56.2 Å². The van der Waals surface area contributed by atoms with Crippen LogP contribution in [-0.2, 0) is 26.1 Å². The summed E-state index contributed by atoms with van der Waals surface area (Å²) in [4.78, 5) is 17.7. The van der Waals surface area contributed by atoms with Crippen molar-refractivity contribution in [3.63, 3.8) is 0 Å². The Morgan fingerprint density at radius 1 is 0.900 bits per heavy atom. The monoisotopic (exact) mass is 627 g/mol. The van der Waals surface area contributed by atoms with Crippen LogP contribution in [0.3, 0.4) is 0 Å². The number of nitrogens with zero attached hydrogens (tertiary/aromatic N) is 3. The van der Waals surface area contributed by atoms with E-state index in [-0.39, 0.29) is 45.1 Å². The molecule has 2 heterocycles. The first-order valence-electron chi connectivity index (χ1n) is 14.1. The predicted octanol–water partition coefficient (Wildman–Crippen LogP) is 5.86. The number of hydrogen-bond acceptors (Lipinski definition) is 5. The SMILES string of the molecule is O=C(COCC1CCCCN1S(=O)(=O)c1c(Cl)cc(Cl)cc1Cl)N(C1CC1)C1CCN(Cc2ccccc2)CC1. The Kier molecular flexibility index (Phi) is 9.99. The van der Waals surface area contributed by atoms with Crippen molar-refractivity contribution in [2.45, 2.75) is 74.5 Å². The molecule has 3 fully saturated rings. The summed E-state index contributed by atoms with van der Waals surface area (Å²) in [5, 5.41) is 0.258. The van der Waals surface area contributed by atoms with Crippen LogP contribution < -0.4 is 0 Å². The van der Waals surface area contributed by atoms with E-state index in [4.69, 9.17) is 39.5 Å². The van der Waals surface area contributed by atoms with Gasteiger partial charge in [0.1, 0.15) is 11.5 Å². The van der Waals surface area contributed by atoms with Gasteiger partial charge in [0.05, 0.1) is 16.7 Å². The number of amides is 1. The summed E-state index contributed by atoms with van der Waals surface area (Å²) >= 11 is 18.5. The lowest BCUT2D eigenvalue weighted by Crippen LogP contribution is -2.50. The Morgan fingerprint density at radius 2 is 1.55 bits per heavy atom. The molecule has 5 rings (SSSR count). The highest BCUT2D eigenvalue weighted by molar-refractivity contribution is 7.89. The molecule has 3 aliphatic rings. The fraction of sp³-hybridized carbons (Fsp3) is 0.552. The van der Waals surface area contributed by atoms with Crippen LogP contribution in [0, 0.1) is 0 Å².